The standard InChI is InChI=1S/C15H23NOS/c1-4-8-12(2)16-15(17)13(3)18-11-14-9-6-5-7-10-14/h5-7,9-10,12-13H,4,8,11H2,1-3H3,(H,16,17)/t12-,13-/m0/s1. The summed E-state index contributed by atoms with van der Waals surface area (Å²) in [5.74, 6) is 1.04. The summed E-state index contributed by atoms with van der Waals surface area (Å²) in [6, 6.07) is 10.5. The number of carbonyl (C=O) groups is 1. The van der Waals surface area contributed by atoms with Gasteiger partial charge in [0.15, 0.2) is 0 Å². The summed E-state index contributed by atoms with van der Waals surface area (Å²) in [6.45, 7) is 6.17. The molecule has 0 bridgehead atoms. The van der Waals surface area contributed by atoms with Gasteiger partial charge in [-0.1, -0.05) is 43.7 Å². The van der Waals surface area contributed by atoms with Crippen LogP contribution in [0.1, 0.15) is 39.2 Å². The number of amides is 1. The van der Waals surface area contributed by atoms with E-state index >= 15 is 0 Å². The molecule has 1 rings (SSSR count). The monoisotopic (exact) mass is 265 g/mol. The van der Waals surface area contributed by atoms with E-state index in [-0.39, 0.29) is 17.2 Å². The zero-order chi connectivity index (χ0) is 13.4. The van der Waals surface area contributed by atoms with Crippen LogP contribution in [0.2, 0.25) is 0 Å². The SMILES string of the molecule is CCC[C@H](C)NC(=O)[C@H](C)SCc1ccccc1. The summed E-state index contributed by atoms with van der Waals surface area (Å²) in [4.78, 5) is 11.9. The largest absolute Gasteiger partial charge is 0.353 e. The van der Waals surface area contributed by atoms with Gasteiger partial charge in [0.1, 0.15) is 0 Å². The molecule has 0 saturated carbocycles. The van der Waals surface area contributed by atoms with E-state index in [1.807, 2.05) is 25.1 Å². The molecule has 1 aromatic carbocycles. The first-order valence-electron chi connectivity index (χ1n) is 6.59. The predicted octanol–water partition coefficient (Wildman–Crippen LogP) is 3.61. The first-order chi connectivity index (χ1) is 8.63. The number of rotatable bonds is 7. The number of nitrogens with one attached hydrogen (secondary N) is 1. The molecule has 0 aliphatic rings. The third-order valence-corrected chi connectivity index (χ3v) is 4.04. The topological polar surface area (TPSA) is 29.1 Å². The van der Waals surface area contributed by atoms with Crippen LogP contribution < -0.4 is 5.32 Å². The van der Waals surface area contributed by atoms with Crippen molar-refractivity contribution < 1.29 is 4.79 Å². The Morgan fingerprint density at radius 2 is 1.94 bits per heavy atom. The predicted molar refractivity (Wildman–Crippen MR) is 79.7 cm³/mol. The van der Waals surface area contributed by atoms with Crippen molar-refractivity contribution in [2.45, 2.75) is 50.7 Å². The van der Waals surface area contributed by atoms with Crippen LogP contribution in [-0.2, 0) is 10.5 Å². The average Bonchev–Trinajstić information content (AvgIpc) is 2.37. The van der Waals surface area contributed by atoms with Gasteiger partial charge in [0.2, 0.25) is 5.91 Å². The fourth-order valence-electron chi connectivity index (χ4n) is 1.74. The number of hydrogen-bond acceptors (Lipinski definition) is 2. The minimum absolute atomic E-state index is 0.00418. The molecule has 3 heteroatoms. The lowest BCUT2D eigenvalue weighted by molar-refractivity contribution is -0.120. The van der Waals surface area contributed by atoms with Gasteiger partial charge in [-0.3, -0.25) is 4.79 Å². The smallest absolute Gasteiger partial charge is 0.233 e. The molecule has 1 amide bonds. The van der Waals surface area contributed by atoms with Crippen LogP contribution in [0.3, 0.4) is 0 Å². The van der Waals surface area contributed by atoms with Crippen LogP contribution in [0.5, 0.6) is 0 Å². The third-order valence-electron chi connectivity index (χ3n) is 2.82. The molecular formula is C15H23NOS. The molecule has 0 unspecified atom stereocenters. The molecule has 0 saturated heterocycles. The molecule has 0 spiro atoms. The Bertz CT molecular complexity index is 353. The van der Waals surface area contributed by atoms with Crippen molar-refractivity contribution in [2.75, 3.05) is 0 Å². The summed E-state index contributed by atoms with van der Waals surface area (Å²) < 4.78 is 0. The van der Waals surface area contributed by atoms with Crippen molar-refractivity contribution in [1.29, 1.82) is 0 Å². The van der Waals surface area contributed by atoms with Gasteiger partial charge in [-0.25, -0.2) is 0 Å². The number of carbonyl (C=O) groups excluding carboxylic acids is 1. The van der Waals surface area contributed by atoms with E-state index in [9.17, 15) is 4.79 Å². The number of hydrogen-bond donors (Lipinski definition) is 1. The Labute approximate surface area is 115 Å². The van der Waals surface area contributed by atoms with E-state index in [1.165, 1.54) is 5.56 Å². The highest BCUT2D eigenvalue weighted by Crippen LogP contribution is 2.17. The molecule has 1 N–H and O–H groups in total. The van der Waals surface area contributed by atoms with Gasteiger partial charge in [-0.05, 0) is 25.8 Å². The molecule has 0 heterocycles. The van der Waals surface area contributed by atoms with Gasteiger partial charge in [0.25, 0.3) is 0 Å². The minimum Gasteiger partial charge on any atom is -0.353 e. The van der Waals surface area contributed by atoms with E-state index < -0.39 is 0 Å². The zero-order valence-electron chi connectivity index (χ0n) is 11.5. The highest BCUT2D eigenvalue weighted by atomic mass is 32.2. The van der Waals surface area contributed by atoms with Crippen molar-refractivity contribution >= 4 is 17.7 Å². The van der Waals surface area contributed by atoms with E-state index in [1.54, 1.807) is 11.8 Å². The van der Waals surface area contributed by atoms with Crippen molar-refractivity contribution in [3.8, 4) is 0 Å². The lowest BCUT2D eigenvalue weighted by atomic mass is 10.2. The molecule has 2 nitrogen and oxygen atoms in total. The molecule has 0 aliphatic heterocycles. The van der Waals surface area contributed by atoms with Gasteiger partial charge < -0.3 is 5.32 Å². The highest BCUT2D eigenvalue weighted by molar-refractivity contribution is 7.99. The van der Waals surface area contributed by atoms with Crippen LogP contribution in [0.15, 0.2) is 30.3 Å². The van der Waals surface area contributed by atoms with Crippen molar-refractivity contribution in [3.63, 3.8) is 0 Å². The van der Waals surface area contributed by atoms with Gasteiger partial charge in [-0.2, -0.15) is 0 Å². The number of benzene rings is 1. The summed E-state index contributed by atoms with van der Waals surface area (Å²) in [5, 5.41) is 3.06. The lowest BCUT2D eigenvalue weighted by Gasteiger charge is -2.16. The van der Waals surface area contributed by atoms with Gasteiger partial charge in [0.05, 0.1) is 5.25 Å². The summed E-state index contributed by atoms with van der Waals surface area (Å²) in [6.07, 6.45) is 2.15. The van der Waals surface area contributed by atoms with Crippen molar-refractivity contribution in [1.82, 2.24) is 5.32 Å². The van der Waals surface area contributed by atoms with E-state index in [0.717, 1.165) is 18.6 Å². The minimum atomic E-state index is 0.00418. The Hall–Kier alpha value is -0.960. The Morgan fingerprint density at radius 1 is 1.28 bits per heavy atom. The van der Waals surface area contributed by atoms with Crippen molar-refractivity contribution in [3.05, 3.63) is 35.9 Å². The molecule has 0 aliphatic carbocycles. The van der Waals surface area contributed by atoms with Gasteiger partial charge in [-0.15, -0.1) is 11.8 Å². The van der Waals surface area contributed by atoms with E-state index in [0.29, 0.717) is 0 Å². The quantitative estimate of drug-likeness (QED) is 0.816. The molecule has 2 atom stereocenters. The molecule has 1 aromatic rings. The van der Waals surface area contributed by atoms with Crippen LogP contribution >= 0.6 is 11.8 Å². The van der Waals surface area contributed by atoms with E-state index in [2.05, 4.69) is 31.3 Å². The van der Waals surface area contributed by atoms with Gasteiger partial charge >= 0.3 is 0 Å². The van der Waals surface area contributed by atoms with Crippen LogP contribution in [0, 0.1) is 0 Å². The Balaban J connectivity index is 2.32. The second-order valence-corrected chi connectivity index (χ2v) is 5.97. The zero-order valence-corrected chi connectivity index (χ0v) is 12.3. The molecule has 100 valence electrons. The fraction of sp³-hybridized carbons (Fsp3) is 0.533. The second kappa shape index (κ2) is 8.20. The van der Waals surface area contributed by atoms with Crippen LogP contribution in [-0.4, -0.2) is 17.2 Å². The van der Waals surface area contributed by atoms with E-state index in [4.69, 9.17) is 0 Å². The Morgan fingerprint density at radius 3 is 2.56 bits per heavy atom. The molecular weight excluding hydrogens is 242 g/mol. The van der Waals surface area contributed by atoms with Crippen molar-refractivity contribution in [2.24, 2.45) is 0 Å². The molecule has 0 radical (unpaired) electrons. The lowest BCUT2D eigenvalue weighted by Crippen LogP contribution is -2.37. The van der Waals surface area contributed by atoms with Crippen LogP contribution in [0.4, 0.5) is 0 Å². The average molecular weight is 265 g/mol. The maximum absolute atomic E-state index is 11.9. The second-order valence-electron chi connectivity index (χ2n) is 4.64. The summed E-state index contributed by atoms with van der Waals surface area (Å²) >= 11 is 1.69. The number of thioether (sulfide) groups is 1. The maximum Gasteiger partial charge on any atom is 0.233 e. The summed E-state index contributed by atoms with van der Waals surface area (Å²) in [5.41, 5.74) is 1.27. The van der Waals surface area contributed by atoms with Gasteiger partial charge in [0, 0.05) is 11.8 Å². The van der Waals surface area contributed by atoms with Crippen LogP contribution in [0.25, 0.3) is 0 Å². The molecule has 0 aromatic heterocycles. The molecule has 18 heavy (non-hydrogen) atoms. The summed E-state index contributed by atoms with van der Waals surface area (Å²) in [7, 11) is 0. The highest BCUT2D eigenvalue weighted by Gasteiger charge is 2.15. The molecule has 0 fully saturated rings. The maximum atomic E-state index is 11.9. The first-order valence-corrected chi connectivity index (χ1v) is 7.64. The fourth-order valence-corrected chi connectivity index (χ4v) is 2.59. The first kappa shape index (κ1) is 15.1. The third kappa shape index (κ3) is 5.58. The Kier molecular flexibility index (Phi) is 6.88. The normalized spacial score (nSPS) is 13.9.